The first-order valence-corrected chi connectivity index (χ1v) is 6.01. The number of hydrogen-bond acceptors (Lipinski definition) is 6. The van der Waals surface area contributed by atoms with Crippen molar-refractivity contribution in [1.29, 1.82) is 5.41 Å². The quantitative estimate of drug-likeness (QED) is 0.511. The maximum Gasteiger partial charge on any atom is 0.336 e. The Morgan fingerprint density at radius 1 is 1.57 bits per heavy atom. The average Bonchev–Trinajstić information content (AvgIpc) is 2.61. The van der Waals surface area contributed by atoms with Gasteiger partial charge in [-0.2, -0.15) is 8.78 Å². The van der Waals surface area contributed by atoms with E-state index in [9.17, 15) is 23.5 Å². The van der Waals surface area contributed by atoms with Crippen LogP contribution in [0.4, 0.5) is 18.4 Å². The predicted octanol–water partition coefficient (Wildman–Crippen LogP) is -1.12. The van der Waals surface area contributed by atoms with Crippen molar-refractivity contribution in [3.63, 3.8) is 0 Å². The molecule has 2 aliphatic heterocycles. The number of hydrogen-bond donors (Lipinski definition) is 4. The molecule has 9 nitrogen and oxygen atoms in total. The fraction of sp³-hybridized carbons (Fsp3) is 0.700. The molecule has 0 radical (unpaired) electrons. The van der Waals surface area contributed by atoms with E-state index in [-0.39, 0.29) is 17.9 Å². The largest absolute Gasteiger partial charge is 0.394 e. The lowest BCUT2D eigenvalue weighted by Gasteiger charge is -2.38. The van der Waals surface area contributed by atoms with Crippen LogP contribution in [0, 0.1) is 5.41 Å². The van der Waals surface area contributed by atoms with E-state index < -0.39 is 48.9 Å². The van der Waals surface area contributed by atoms with Crippen LogP contribution in [0.2, 0.25) is 0 Å². The lowest BCUT2D eigenvalue weighted by atomic mass is 10.1. The Kier molecular flexibility index (Phi) is 3.82. The molecule has 0 saturated carbocycles. The second kappa shape index (κ2) is 5.16. The Labute approximate surface area is 117 Å². The van der Waals surface area contributed by atoms with Gasteiger partial charge in [-0.1, -0.05) is 0 Å². The molecule has 0 unspecified atom stereocenters. The van der Waals surface area contributed by atoms with Crippen molar-refractivity contribution in [2.45, 2.75) is 30.8 Å². The summed E-state index contributed by atoms with van der Waals surface area (Å²) < 4.78 is 32.7. The van der Waals surface area contributed by atoms with Gasteiger partial charge in [0.1, 0.15) is 11.9 Å². The SMILES string of the molecule is N=C1CCN([C@@H]2O[C@H](CO)[C@@H](O)C2(F)F)C(=O)N1C(N)=O. The molecule has 3 atom stereocenters. The minimum absolute atomic E-state index is 0.176. The third-order valence-electron chi connectivity index (χ3n) is 3.36. The molecule has 2 heterocycles. The summed E-state index contributed by atoms with van der Waals surface area (Å²) in [5, 5.41) is 25.7. The Balaban J connectivity index is 2.27. The highest BCUT2D eigenvalue weighted by Gasteiger charge is 2.62. The van der Waals surface area contributed by atoms with Crippen molar-refractivity contribution < 1.29 is 33.3 Å². The monoisotopic (exact) mass is 308 g/mol. The van der Waals surface area contributed by atoms with Crippen molar-refractivity contribution in [2.75, 3.05) is 13.2 Å². The van der Waals surface area contributed by atoms with Crippen molar-refractivity contribution in [3.05, 3.63) is 0 Å². The van der Waals surface area contributed by atoms with Crippen LogP contribution >= 0.6 is 0 Å². The molecule has 2 rings (SSSR count). The number of halogens is 2. The number of carbonyl (C=O) groups is 2. The van der Waals surface area contributed by atoms with E-state index in [0.717, 1.165) is 0 Å². The summed E-state index contributed by atoms with van der Waals surface area (Å²) in [6, 6.07) is -2.50. The van der Waals surface area contributed by atoms with Crippen LogP contribution in [0.1, 0.15) is 6.42 Å². The number of amides is 4. The van der Waals surface area contributed by atoms with E-state index in [4.69, 9.17) is 21.0 Å². The molecule has 4 amide bonds. The lowest BCUT2D eigenvalue weighted by molar-refractivity contribution is -0.156. The molecule has 118 valence electrons. The van der Waals surface area contributed by atoms with Crippen LogP contribution < -0.4 is 5.73 Å². The number of ether oxygens (including phenoxy) is 1. The minimum atomic E-state index is -3.83. The van der Waals surface area contributed by atoms with Crippen LogP contribution in [0.3, 0.4) is 0 Å². The van der Waals surface area contributed by atoms with Crippen molar-refractivity contribution >= 4 is 17.9 Å². The highest BCUT2D eigenvalue weighted by Crippen LogP contribution is 2.39. The zero-order valence-corrected chi connectivity index (χ0v) is 10.7. The molecule has 2 aliphatic rings. The fourth-order valence-electron chi connectivity index (χ4n) is 2.27. The number of imide groups is 1. The molecule has 0 aromatic heterocycles. The van der Waals surface area contributed by atoms with Crippen molar-refractivity contribution in [1.82, 2.24) is 9.80 Å². The van der Waals surface area contributed by atoms with E-state index in [2.05, 4.69) is 0 Å². The van der Waals surface area contributed by atoms with Gasteiger partial charge in [0.15, 0.2) is 6.10 Å². The summed E-state index contributed by atoms with van der Waals surface area (Å²) in [4.78, 5) is 23.9. The molecule has 11 heteroatoms. The number of carbonyl (C=O) groups excluding carboxylic acids is 2. The van der Waals surface area contributed by atoms with E-state index in [0.29, 0.717) is 4.90 Å². The number of nitrogens with two attached hydrogens (primary N) is 1. The van der Waals surface area contributed by atoms with Crippen LogP contribution in [-0.2, 0) is 4.74 Å². The zero-order valence-electron chi connectivity index (χ0n) is 10.7. The van der Waals surface area contributed by atoms with Gasteiger partial charge in [0.2, 0.25) is 6.23 Å². The topological polar surface area (TPSA) is 140 Å². The van der Waals surface area contributed by atoms with E-state index in [1.54, 1.807) is 0 Å². The summed E-state index contributed by atoms with van der Waals surface area (Å²) in [5.41, 5.74) is 4.94. The van der Waals surface area contributed by atoms with Gasteiger partial charge in [-0.25, -0.2) is 14.5 Å². The van der Waals surface area contributed by atoms with E-state index >= 15 is 0 Å². The number of nitrogens with zero attached hydrogens (tertiary/aromatic N) is 2. The number of aliphatic hydroxyl groups excluding tert-OH is 2. The number of nitrogens with one attached hydrogen (secondary N) is 1. The predicted molar refractivity (Wildman–Crippen MR) is 62.6 cm³/mol. The van der Waals surface area contributed by atoms with Gasteiger partial charge in [-0.05, 0) is 0 Å². The Morgan fingerprint density at radius 2 is 2.19 bits per heavy atom. The van der Waals surface area contributed by atoms with Gasteiger partial charge in [-0.15, -0.1) is 0 Å². The first-order chi connectivity index (χ1) is 9.71. The maximum absolute atomic E-state index is 14.0. The molecule has 2 saturated heterocycles. The third-order valence-corrected chi connectivity index (χ3v) is 3.36. The smallest absolute Gasteiger partial charge is 0.336 e. The van der Waals surface area contributed by atoms with Gasteiger partial charge in [0.25, 0.3) is 0 Å². The van der Waals surface area contributed by atoms with Crippen molar-refractivity contribution in [3.8, 4) is 0 Å². The number of amidine groups is 1. The van der Waals surface area contributed by atoms with Gasteiger partial charge in [-0.3, -0.25) is 10.3 Å². The van der Waals surface area contributed by atoms with E-state index in [1.807, 2.05) is 0 Å². The highest BCUT2D eigenvalue weighted by molar-refractivity contribution is 6.11. The van der Waals surface area contributed by atoms with Gasteiger partial charge < -0.3 is 20.7 Å². The molecule has 0 aliphatic carbocycles. The molecular weight excluding hydrogens is 294 g/mol. The molecular formula is C10H14F2N4O5. The standard InChI is InChI=1S/C10H14F2N4O5/c11-10(12)6(18)4(3-17)21-7(10)15-2-1-5(13)16(8(14)19)9(15)20/h4,6-7,13,17-18H,1-3H2,(H2,14,19)/t4-,6-,7-/m1/s1. The first-order valence-electron chi connectivity index (χ1n) is 6.01. The van der Waals surface area contributed by atoms with Crippen LogP contribution in [0.25, 0.3) is 0 Å². The molecule has 21 heavy (non-hydrogen) atoms. The minimum Gasteiger partial charge on any atom is -0.394 e. The fourth-order valence-corrected chi connectivity index (χ4v) is 2.27. The second-order valence-electron chi connectivity index (χ2n) is 4.68. The maximum atomic E-state index is 14.0. The average molecular weight is 308 g/mol. The number of alkyl halides is 2. The summed E-state index contributed by atoms with van der Waals surface area (Å²) >= 11 is 0. The number of primary amides is 1. The van der Waals surface area contributed by atoms with Gasteiger partial charge >= 0.3 is 18.0 Å². The van der Waals surface area contributed by atoms with Crippen molar-refractivity contribution in [2.24, 2.45) is 5.73 Å². The van der Waals surface area contributed by atoms with Gasteiger partial charge in [0, 0.05) is 13.0 Å². The third kappa shape index (κ3) is 2.32. The second-order valence-corrected chi connectivity index (χ2v) is 4.68. The summed E-state index contributed by atoms with van der Waals surface area (Å²) in [6.07, 6.45) is -6.16. The highest BCUT2D eigenvalue weighted by atomic mass is 19.3. The zero-order chi connectivity index (χ0) is 15.9. The Hall–Kier alpha value is -1.85. The number of rotatable bonds is 2. The van der Waals surface area contributed by atoms with Gasteiger partial charge in [0.05, 0.1) is 6.61 Å². The molecule has 0 aromatic rings. The molecule has 0 spiro atoms. The first kappa shape index (κ1) is 15.5. The summed E-state index contributed by atoms with van der Waals surface area (Å²) in [6.45, 7) is -1.16. The summed E-state index contributed by atoms with van der Waals surface area (Å²) in [7, 11) is 0. The number of urea groups is 2. The Bertz CT molecular complexity index is 488. The normalized spacial score (nSPS) is 32.7. The van der Waals surface area contributed by atoms with Crippen LogP contribution in [0.15, 0.2) is 0 Å². The Morgan fingerprint density at radius 3 is 2.67 bits per heavy atom. The van der Waals surface area contributed by atoms with E-state index in [1.165, 1.54) is 0 Å². The van der Waals surface area contributed by atoms with Crippen LogP contribution in [-0.4, -0.2) is 75.4 Å². The lowest BCUT2D eigenvalue weighted by Crippen LogP contribution is -2.62. The summed E-state index contributed by atoms with van der Waals surface area (Å²) in [5.74, 6) is -4.24. The number of aliphatic hydroxyl groups is 2. The molecule has 0 aromatic carbocycles. The molecule has 2 fully saturated rings. The molecule has 0 bridgehead atoms. The van der Waals surface area contributed by atoms with Crippen LogP contribution in [0.5, 0.6) is 0 Å². The molecule has 5 N–H and O–H groups in total.